The van der Waals surface area contributed by atoms with Crippen LogP contribution < -0.4 is 0 Å². The molecule has 0 amide bonds. The zero-order chi connectivity index (χ0) is 18.3. The second-order valence-electron chi connectivity index (χ2n) is 5.74. The molecule has 2 aromatic carbocycles. The van der Waals surface area contributed by atoms with Gasteiger partial charge in [0.1, 0.15) is 0 Å². The SMILES string of the molecule is CC(=O)OC1N=C(c2ccccc2Cl)c2cc(Cl)ccc2-n2ccnc21. The van der Waals surface area contributed by atoms with Crippen molar-refractivity contribution in [2.75, 3.05) is 0 Å². The zero-order valence-corrected chi connectivity index (χ0v) is 15.2. The van der Waals surface area contributed by atoms with E-state index in [1.54, 1.807) is 24.5 Å². The topological polar surface area (TPSA) is 56.5 Å². The Morgan fingerprint density at radius 1 is 1.15 bits per heavy atom. The summed E-state index contributed by atoms with van der Waals surface area (Å²) in [5.41, 5.74) is 2.92. The van der Waals surface area contributed by atoms with Crippen LogP contribution in [0.5, 0.6) is 0 Å². The highest BCUT2D eigenvalue weighted by Crippen LogP contribution is 2.33. The molecule has 130 valence electrons. The van der Waals surface area contributed by atoms with Crippen LogP contribution in [0.2, 0.25) is 10.0 Å². The number of aromatic nitrogens is 2. The lowest BCUT2D eigenvalue weighted by atomic mass is 10.0. The van der Waals surface area contributed by atoms with E-state index in [0.29, 0.717) is 21.6 Å². The number of carbonyl (C=O) groups excluding carboxylic acids is 1. The Morgan fingerprint density at radius 2 is 1.96 bits per heavy atom. The molecule has 1 unspecified atom stereocenters. The molecule has 1 aliphatic heterocycles. The van der Waals surface area contributed by atoms with E-state index in [2.05, 4.69) is 9.98 Å². The standard InChI is InChI=1S/C19H13Cl2N3O2/c1-11(25)26-19-18-22-8-9-24(18)16-7-6-12(20)10-14(16)17(23-19)13-4-2-3-5-15(13)21/h2-10,19H,1H3. The minimum absolute atomic E-state index is 0.448. The van der Waals surface area contributed by atoms with Gasteiger partial charge in [-0.3, -0.25) is 9.36 Å². The summed E-state index contributed by atoms with van der Waals surface area (Å²) in [6.07, 6.45) is 2.55. The Kier molecular flexibility index (Phi) is 4.26. The molecule has 7 heteroatoms. The minimum atomic E-state index is -0.889. The number of rotatable bonds is 2. The first kappa shape index (κ1) is 16.8. The predicted molar refractivity (Wildman–Crippen MR) is 100 cm³/mol. The Bertz CT molecular complexity index is 1040. The molecular formula is C19H13Cl2N3O2. The molecule has 0 aliphatic carbocycles. The maximum atomic E-state index is 11.6. The predicted octanol–water partition coefficient (Wildman–Crippen LogP) is 4.59. The molecule has 1 atom stereocenters. The van der Waals surface area contributed by atoms with E-state index >= 15 is 0 Å². The number of aliphatic imine (C=N–C) groups is 1. The fraction of sp³-hybridized carbons (Fsp3) is 0.105. The lowest BCUT2D eigenvalue weighted by Crippen LogP contribution is -2.11. The summed E-state index contributed by atoms with van der Waals surface area (Å²) < 4.78 is 7.26. The van der Waals surface area contributed by atoms with Crippen LogP contribution in [-0.4, -0.2) is 21.2 Å². The number of ether oxygens (including phenoxy) is 1. The Morgan fingerprint density at radius 3 is 2.73 bits per heavy atom. The van der Waals surface area contributed by atoms with Crippen molar-refractivity contribution >= 4 is 34.9 Å². The van der Waals surface area contributed by atoms with Gasteiger partial charge in [-0.05, 0) is 24.3 Å². The molecule has 0 saturated carbocycles. The minimum Gasteiger partial charge on any atom is -0.432 e. The van der Waals surface area contributed by atoms with Crippen molar-refractivity contribution < 1.29 is 9.53 Å². The van der Waals surface area contributed by atoms with Crippen molar-refractivity contribution in [1.82, 2.24) is 9.55 Å². The smallest absolute Gasteiger partial charge is 0.304 e. The third-order valence-corrected chi connectivity index (χ3v) is 4.58. The molecule has 0 fully saturated rings. The van der Waals surface area contributed by atoms with Gasteiger partial charge in [0, 0.05) is 40.5 Å². The van der Waals surface area contributed by atoms with Crippen molar-refractivity contribution in [3.05, 3.63) is 81.9 Å². The first-order chi connectivity index (χ1) is 12.5. The molecule has 5 nitrogen and oxygen atoms in total. The first-order valence-corrected chi connectivity index (χ1v) is 8.63. The molecule has 1 aromatic heterocycles. The third kappa shape index (κ3) is 2.89. The lowest BCUT2D eigenvalue weighted by molar-refractivity contribution is -0.146. The van der Waals surface area contributed by atoms with Crippen molar-refractivity contribution in [2.24, 2.45) is 4.99 Å². The average Bonchev–Trinajstić information content (AvgIpc) is 3.04. The Hall–Kier alpha value is -2.63. The van der Waals surface area contributed by atoms with Gasteiger partial charge in [-0.1, -0.05) is 41.4 Å². The zero-order valence-electron chi connectivity index (χ0n) is 13.7. The fourth-order valence-corrected chi connectivity index (χ4v) is 3.36. The van der Waals surface area contributed by atoms with Gasteiger partial charge in [-0.25, -0.2) is 9.98 Å². The molecule has 2 heterocycles. The van der Waals surface area contributed by atoms with Crippen molar-refractivity contribution in [3.8, 4) is 5.69 Å². The third-order valence-electron chi connectivity index (χ3n) is 4.02. The van der Waals surface area contributed by atoms with E-state index in [9.17, 15) is 4.79 Å². The van der Waals surface area contributed by atoms with Crippen molar-refractivity contribution in [1.29, 1.82) is 0 Å². The van der Waals surface area contributed by atoms with Crippen LogP contribution in [0.25, 0.3) is 5.69 Å². The molecular weight excluding hydrogens is 373 g/mol. The summed E-state index contributed by atoms with van der Waals surface area (Å²) in [5.74, 6) is 0.0571. The van der Waals surface area contributed by atoms with Crippen LogP contribution in [0.15, 0.2) is 59.9 Å². The molecule has 0 bridgehead atoms. The van der Waals surface area contributed by atoms with Crippen molar-refractivity contribution in [2.45, 2.75) is 13.2 Å². The van der Waals surface area contributed by atoms with Gasteiger partial charge < -0.3 is 4.74 Å². The second-order valence-corrected chi connectivity index (χ2v) is 6.58. The quantitative estimate of drug-likeness (QED) is 0.606. The van der Waals surface area contributed by atoms with E-state index in [1.165, 1.54) is 6.92 Å². The molecule has 26 heavy (non-hydrogen) atoms. The second kappa shape index (κ2) is 6.59. The molecule has 0 radical (unpaired) electrons. The van der Waals surface area contributed by atoms with E-state index in [4.69, 9.17) is 27.9 Å². The van der Waals surface area contributed by atoms with Gasteiger partial charge in [-0.15, -0.1) is 0 Å². The van der Waals surface area contributed by atoms with Gasteiger partial charge in [0.05, 0.1) is 11.4 Å². The maximum Gasteiger partial charge on any atom is 0.304 e. The molecule has 0 spiro atoms. The molecule has 0 saturated heterocycles. The van der Waals surface area contributed by atoms with Gasteiger partial charge in [-0.2, -0.15) is 0 Å². The average molecular weight is 386 g/mol. The molecule has 0 N–H and O–H groups in total. The molecule has 4 rings (SSSR count). The van der Waals surface area contributed by atoms with Crippen LogP contribution in [0.4, 0.5) is 0 Å². The number of fused-ring (bicyclic) bond motifs is 3. The number of halogens is 2. The van der Waals surface area contributed by atoms with E-state index in [1.807, 2.05) is 34.9 Å². The summed E-state index contributed by atoms with van der Waals surface area (Å²) in [6.45, 7) is 1.34. The van der Waals surface area contributed by atoms with Crippen LogP contribution in [0.1, 0.15) is 30.1 Å². The monoisotopic (exact) mass is 385 g/mol. The summed E-state index contributed by atoms with van der Waals surface area (Å²) in [5, 5.41) is 1.11. The van der Waals surface area contributed by atoms with Gasteiger partial charge in [0.15, 0.2) is 5.82 Å². The van der Waals surface area contributed by atoms with E-state index in [0.717, 1.165) is 16.8 Å². The number of hydrogen-bond donors (Lipinski definition) is 0. The van der Waals surface area contributed by atoms with Gasteiger partial charge in [0.25, 0.3) is 6.23 Å². The number of hydrogen-bond acceptors (Lipinski definition) is 4. The number of esters is 1. The number of imidazole rings is 1. The summed E-state index contributed by atoms with van der Waals surface area (Å²) in [4.78, 5) is 20.6. The highest BCUT2D eigenvalue weighted by Gasteiger charge is 2.28. The summed E-state index contributed by atoms with van der Waals surface area (Å²) >= 11 is 12.7. The van der Waals surface area contributed by atoms with Crippen LogP contribution in [-0.2, 0) is 9.53 Å². The maximum absolute atomic E-state index is 11.6. The van der Waals surface area contributed by atoms with Gasteiger partial charge >= 0.3 is 5.97 Å². The number of benzene rings is 2. The van der Waals surface area contributed by atoms with Crippen LogP contribution in [0.3, 0.4) is 0 Å². The van der Waals surface area contributed by atoms with Gasteiger partial charge in [0.2, 0.25) is 0 Å². The number of carbonyl (C=O) groups is 1. The lowest BCUT2D eigenvalue weighted by Gasteiger charge is -2.13. The summed E-state index contributed by atoms with van der Waals surface area (Å²) in [7, 11) is 0. The van der Waals surface area contributed by atoms with E-state index < -0.39 is 12.2 Å². The highest BCUT2D eigenvalue weighted by atomic mass is 35.5. The Labute approximate surface area is 159 Å². The van der Waals surface area contributed by atoms with E-state index in [-0.39, 0.29) is 0 Å². The van der Waals surface area contributed by atoms with Crippen molar-refractivity contribution in [3.63, 3.8) is 0 Å². The highest BCUT2D eigenvalue weighted by molar-refractivity contribution is 6.36. The number of nitrogens with zero attached hydrogens (tertiary/aromatic N) is 3. The Balaban J connectivity index is 2.03. The normalized spacial score (nSPS) is 15.5. The fourth-order valence-electron chi connectivity index (χ4n) is 2.96. The molecule has 3 aromatic rings. The van der Waals surface area contributed by atoms with Crippen LogP contribution >= 0.6 is 23.2 Å². The van der Waals surface area contributed by atoms with Crippen LogP contribution in [0, 0.1) is 0 Å². The summed E-state index contributed by atoms with van der Waals surface area (Å²) in [6, 6.07) is 12.9. The largest absolute Gasteiger partial charge is 0.432 e. The first-order valence-electron chi connectivity index (χ1n) is 7.88. The molecule has 1 aliphatic rings.